The number of nitrogens with zero attached hydrogens (tertiary/aromatic N) is 3. The van der Waals surface area contributed by atoms with Crippen molar-refractivity contribution in [1.29, 1.82) is 0 Å². The Morgan fingerprint density at radius 3 is 2.62 bits per heavy atom. The molecule has 2 rings (SSSR count). The molecule has 0 radical (unpaired) electrons. The molecule has 5 heteroatoms. The van der Waals surface area contributed by atoms with Gasteiger partial charge in [0.05, 0.1) is 6.10 Å². The Hall–Kier alpha value is -1.36. The molecule has 1 N–H and O–H groups in total. The van der Waals surface area contributed by atoms with Gasteiger partial charge in [-0.3, -0.25) is 0 Å². The molecule has 21 heavy (non-hydrogen) atoms. The summed E-state index contributed by atoms with van der Waals surface area (Å²) >= 11 is 0. The van der Waals surface area contributed by atoms with Crippen molar-refractivity contribution in [1.82, 2.24) is 9.97 Å². The van der Waals surface area contributed by atoms with Gasteiger partial charge in [0.25, 0.3) is 0 Å². The second kappa shape index (κ2) is 8.17. The molecular weight excluding hydrogens is 264 g/mol. The minimum absolute atomic E-state index is 0.413. The first kappa shape index (κ1) is 16.0. The van der Waals surface area contributed by atoms with Crippen molar-refractivity contribution in [2.24, 2.45) is 0 Å². The summed E-state index contributed by atoms with van der Waals surface area (Å²) in [5, 5.41) is 3.38. The Labute approximate surface area is 128 Å². The number of ether oxygens (including phenoxy) is 1. The smallest absolute Gasteiger partial charge is 0.134 e. The highest BCUT2D eigenvalue weighted by Crippen LogP contribution is 2.22. The van der Waals surface area contributed by atoms with Gasteiger partial charge in [-0.25, -0.2) is 9.97 Å². The van der Waals surface area contributed by atoms with E-state index in [1.54, 1.807) is 0 Å². The lowest BCUT2D eigenvalue weighted by molar-refractivity contribution is 0.0458. The van der Waals surface area contributed by atoms with Crippen LogP contribution in [0.2, 0.25) is 0 Å². The molecule has 0 aliphatic carbocycles. The monoisotopic (exact) mass is 292 g/mol. The van der Waals surface area contributed by atoms with Gasteiger partial charge in [0, 0.05) is 38.7 Å². The zero-order chi connectivity index (χ0) is 15.1. The maximum Gasteiger partial charge on any atom is 0.134 e. The van der Waals surface area contributed by atoms with E-state index in [0.717, 1.165) is 69.4 Å². The van der Waals surface area contributed by atoms with Crippen LogP contribution >= 0.6 is 0 Å². The molecule has 1 aliphatic heterocycles. The van der Waals surface area contributed by atoms with Crippen molar-refractivity contribution >= 4 is 11.6 Å². The quantitative estimate of drug-likeness (QED) is 0.837. The van der Waals surface area contributed by atoms with E-state index in [1.165, 1.54) is 0 Å². The fourth-order valence-corrected chi connectivity index (χ4v) is 2.63. The number of nitrogens with one attached hydrogen (secondary N) is 1. The third-order valence-electron chi connectivity index (χ3n) is 3.80. The van der Waals surface area contributed by atoms with Crippen LogP contribution in [-0.4, -0.2) is 42.3 Å². The Kier molecular flexibility index (Phi) is 6.23. The van der Waals surface area contributed by atoms with Gasteiger partial charge in [0.1, 0.15) is 17.5 Å². The Bertz CT molecular complexity index is 430. The second-order valence-corrected chi connectivity index (χ2v) is 5.45. The molecule has 0 spiro atoms. The molecular formula is C16H28N4O. The molecule has 0 unspecified atom stereocenters. The molecule has 0 atom stereocenters. The molecule has 0 bridgehead atoms. The summed E-state index contributed by atoms with van der Waals surface area (Å²) in [5.41, 5.74) is 0. The van der Waals surface area contributed by atoms with Gasteiger partial charge in [-0.05, 0) is 26.2 Å². The number of aromatic nitrogens is 2. The summed E-state index contributed by atoms with van der Waals surface area (Å²) in [6.45, 7) is 10.1. The summed E-state index contributed by atoms with van der Waals surface area (Å²) in [4.78, 5) is 11.6. The fourth-order valence-electron chi connectivity index (χ4n) is 2.63. The third-order valence-corrected chi connectivity index (χ3v) is 3.80. The van der Waals surface area contributed by atoms with Crippen LogP contribution in [0, 0.1) is 0 Å². The zero-order valence-electron chi connectivity index (χ0n) is 13.6. The summed E-state index contributed by atoms with van der Waals surface area (Å²) in [6, 6.07) is 2.08. The summed E-state index contributed by atoms with van der Waals surface area (Å²) in [6.07, 6.45) is 4.54. The van der Waals surface area contributed by atoms with Gasteiger partial charge in [-0.1, -0.05) is 13.8 Å². The first-order valence-corrected chi connectivity index (χ1v) is 8.25. The van der Waals surface area contributed by atoms with Crippen molar-refractivity contribution in [3.8, 4) is 0 Å². The van der Waals surface area contributed by atoms with Crippen LogP contribution in [0.4, 0.5) is 11.6 Å². The fraction of sp³-hybridized carbons (Fsp3) is 0.750. The molecule has 5 nitrogen and oxygen atoms in total. The van der Waals surface area contributed by atoms with Crippen molar-refractivity contribution in [3.05, 3.63) is 11.9 Å². The molecule has 0 aromatic carbocycles. The first-order chi connectivity index (χ1) is 10.3. The van der Waals surface area contributed by atoms with Gasteiger partial charge in [-0.15, -0.1) is 0 Å². The molecule has 1 fully saturated rings. The predicted octanol–water partition coefficient (Wildman–Crippen LogP) is 2.87. The predicted molar refractivity (Wildman–Crippen MR) is 87.1 cm³/mol. The van der Waals surface area contributed by atoms with Crippen LogP contribution in [0.5, 0.6) is 0 Å². The summed E-state index contributed by atoms with van der Waals surface area (Å²) < 4.78 is 5.72. The van der Waals surface area contributed by atoms with Crippen LogP contribution in [0.15, 0.2) is 6.07 Å². The van der Waals surface area contributed by atoms with Crippen molar-refractivity contribution in [2.75, 3.05) is 36.5 Å². The minimum Gasteiger partial charge on any atom is -0.378 e. The van der Waals surface area contributed by atoms with Crippen LogP contribution in [0.3, 0.4) is 0 Å². The number of piperidine rings is 1. The van der Waals surface area contributed by atoms with Gasteiger partial charge in [0.2, 0.25) is 0 Å². The van der Waals surface area contributed by atoms with E-state index in [1.807, 2.05) is 0 Å². The van der Waals surface area contributed by atoms with E-state index in [-0.39, 0.29) is 0 Å². The number of anilines is 2. The second-order valence-electron chi connectivity index (χ2n) is 5.45. The van der Waals surface area contributed by atoms with Gasteiger partial charge in [0.15, 0.2) is 0 Å². The average Bonchev–Trinajstić information content (AvgIpc) is 2.53. The standard InChI is InChI=1S/C16H28N4O/c1-4-9-17-15-12-16(19-14(5-2)18-15)20-10-7-13(8-11-20)21-6-3/h12-13H,4-11H2,1-3H3,(H,17,18,19). The number of hydrogen-bond donors (Lipinski definition) is 1. The Morgan fingerprint density at radius 2 is 2.00 bits per heavy atom. The van der Waals surface area contributed by atoms with E-state index in [2.05, 4.69) is 47.0 Å². The van der Waals surface area contributed by atoms with E-state index >= 15 is 0 Å². The van der Waals surface area contributed by atoms with Gasteiger partial charge >= 0.3 is 0 Å². The lowest BCUT2D eigenvalue weighted by Crippen LogP contribution is -2.37. The first-order valence-electron chi connectivity index (χ1n) is 8.25. The molecule has 1 aliphatic rings. The maximum atomic E-state index is 5.72. The third kappa shape index (κ3) is 4.56. The van der Waals surface area contributed by atoms with E-state index in [4.69, 9.17) is 4.74 Å². The highest BCUT2D eigenvalue weighted by Gasteiger charge is 2.21. The molecule has 2 heterocycles. The number of rotatable bonds is 7. The largest absolute Gasteiger partial charge is 0.378 e. The molecule has 1 saturated heterocycles. The SMILES string of the molecule is CCCNc1cc(N2CCC(OCC)CC2)nc(CC)n1. The van der Waals surface area contributed by atoms with E-state index < -0.39 is 0 Å². The van der Waals surface area contributed by atoms with Crippen LogP contribution in [0.25, 0.3) is 0 Å². The summed E-state index contributed by atoms with van der Waals surface area (Å²) in [5.74, 6) is 2.92. The highest BCUT2D eigenvalue weighted by molar-refractivity contribution is 5.49. The lowest BCUT2D eigenvalue weighted by atomic mass is 10.1. The van der Waals surface area contributed by atoms with E-state index in [9.17, 15) is 0 Å². The summed E-state index contributed by atoms with van der Waals surface area (Å²) in [7, 11) is 0. The average molecular weight is 292 g/mol. The van der Waals surface area contributed by atoms with Crippen LogP contribution in [-0.2, 0) is 11.2 Å². The topological polar surface area (TPSA) is 50.3 Å². The maximum absolute atomic E-state index is 5.72. The van der Waals surface area contributed by atoms with E-state index in [0.29, 0.717) is 6.10 Å². The van der Waals surface area contributed by atoms with Gasteiger partial charge in [-0.2, -0.15) is 0 Å². The molecule has 1 aromatic rings. The zero-order valence-corrected chi connectivity index (χ0v) is 13.6. The normalized spacial score (nSPS) is 16.2. The number of aryl methyl sites for hydroxylation is 1. The minimum atomic E-state index is 0.413. The highest BCUT2D eigenvalue weighted by atomic mass is 16.5. The van der Waals surface area contributed by atoms with Crippen molar-refractivity contribution < 1.29 is 4.74 Å². The van der Waals surface area contributed by atoms with Crippen molar-refractivity contribution in [3.63, 3.8) is 0 Å². The molecule has 0 saturated carbocycles. The molecule has 1 aromatic heterocycles. The van der Waals surface area contributed by atoms with Gasteiger partial charge < -0.3 is 15.0 Å². The van der Waals surface area contributed by atoms with Crippen molar-refractivity contribution in [2.45, 2.75) is 52.6 Å². The molecule has 118 valence electrons. The van der Waals surface area contributed by atoms with Crippen LogP contribution in [0.1, 0.15) is 45.9 Å². The number of hydrogen-bond acceptors (Lipinski definition) is 5. The Morgan fingerprint density at radius 1 is 1.24 bits per heavy atom. The molecule has 0 amide bonds. The Balaban J connectivity index is 2.04. The lowest BCUT2D eigenvalue weighted by Gasteiger charge is -2.32. The van der Waals surface area contributed by atoms with Crippen LogP contribution < -0.4 is 10.2 Å².